The van der Waals surface area contributed by atoms with Crippen LogP contribution in [0, 0.1) is 11.8 Å². The Morgan fingerprint density at radius 2 is 1.55 bits per heavy atom. The first-order valence-corrected chi connectivity index (χ1v) is 14.0. The van der Waals surface area contributed by atoms with Gasteiger partial charge in [-0.05, 0) is 73.6 Å². The van der Waals surface area contributed by atoms with E-state index in [9.17, 15) is 21.6 Å². The van der Waals surface area contributed by atoms with Gasteiger partial charge in [0.05, 0.1) is 9.79 Å². The van der Waals surface area contributed by atoms with E-state index in [1.54, 1.807) is 12.1 Å². The topological polar surface area (TPSA) is 113 Å². The number of carbonyl (C=O) groups is 1. The summed E-state index contributed by atoms with van der Waals surface area (Å²) in [6.45, 7) is 5.02. The highest BCUT2D eigenvalue weighted by atomic mass is 32.2. The summed E-state index contributed by atoms with van der Waals surface area (Å²) in [5.41, 5.74) is 0.624. The number of piperidine rings is 1. The molecule has 4 rings (SSSR count). The molecule has 2 aromatic carbocycles. The van der Waals surface area contributed by atoms with Crippen molar-refractivity contribution >= 4 is 31.6 Å². The Morgan fingerprint density at radius 3 is 2.15 bits per heavy atom. The van der Waals surface area contributed by atoms with E-state index in [2.05, 4.69) is 10.0 Å². The minimum absolute atomic E-state index is 0.00861. The van der Waals surface area contributed by atoms with Crippen molar-refractivity contribution in [2.45, 2.75) is 48.9 Å². The SMILES string of the molecule is C[C@H]1C[C@H](C)CN(S(=O)(=O)c2cccc(C(=O)Nc3ccc(S(=O)(=O)NC4CC4)cc3)c2)C1. The number of sulfonamides is 2. The van der Waals surface area contributed by atoms with Crippen molar-refractivity contribution in [2.75, 3.05) is 18.4 Å². The molecule has 0 radical (unpaired) electrons. The maximum Gasteiger partial charge on any atom is 0.255 e. The lowest BCUT2D eigenvalue weighted by Crippen LogP contribution is -2.42. The van der Waals surface area contributed by atoms with Gasteiger partial charge in [-0.15, -0.1) is 0 Å². The smallest absolute Gasteiger partial charge is 0.255 e. The van der Waals surface area contributed by atoms with Crippen molar-refractivity contribution in [1.29, 1.82) is 0 Å². The summed E-state index contributed by atoms with van der Waals surface area (Å²) in [6, 6.07) is 11.9. The van der Waals surface area contributed by atoms with Gasteiger partial charge >= 0.3 is 0 Å². The van der Waals surface area contributed by atoms with Crippen LogP contribution in [0.25, 0.3) is 0 Å². The number of benzene rings is 2. The second-order valence-electron chi connectivity index (χ2n) is 9.17. The number of carbonyl (C=O) groups excluding carboxylic acids is 1. The first-order chi connectivity index (χ1) is 15.5. The standard InChI is InChI=1S/C23H29N3O5S2/c1-16-12-17(2)15-26(14-16)33(30,31)22-5-3-4-18(13-22)23(27)24-19-8-10-21(11-9-19)32(28,29)25-20-6-7-20/h3-5,8-11,13,16-17,20,25H,6-7,12,14-15H2,1-2H3,(H,24,27)/t16-,17-/m0/s1. The van der Waals surface area contributed by atoms with Crippen LogP contribution in [-0.4, -0.2) is 46.2 Å². The Hall–Kier alpha value is -2.27. The third kappa shape index (κ3) is 5.63. The highest BCUT2D eigenvalue weighted by Crippen LogP contribution is 2.27. The molecule has 2 aliphatic rings. The molecule has 1 aliphatic carbocycles. The number of nitrogens with zero attached hydrogens (tertiary/aromatic N) is 1. The van der Waals surface area contributed by atoms with Crippen LogP contribution < -0.4 is 10.0 Å². The van der Waals surface area contributed by atoms with E-state index >= 15 is 0 Å². The fraction of sp³-hybridized carbons (Fsp3) is 0.435. The molecule has 8 nitrogen and oxygen atoms in total. The zero-order chi connectivity index (χ0) is 23.8. The van der Waals surface area contributed by atoms with Gasteiger partial charge in [0, 0.05) is 30.4 Å². The van der Waals surface area contributed by atoms with Crippen LogP contribution in [0.3, 0.4) is 0 Å². The van der Waals surface area contributed by atoms with Gasteiger partial charge in [0.15, 0.2) is 0 Å². The fourth-order valence-corrected chi connectivity index (χ4v) is 7.19. The van der Waals surface area contributed by atoms with Crippen LogP contribution in [0.2, 0.25) is 0 Å². The largest absolute Gasteiger partial charge is 0.322 e. The van der Waals surface area contributed by atoms with E-state index in [-0.39, 0.29) is 33.2 Å². The highest BCUT2D eigenvalue weighted by Gasteiger charge is 2.32. The van der Waals surface area contributed by atoms with Gasteiger partial charge in [0.2, 0.25) is 20.0 Å². The minimum atomic E-state index is -3.70. The molecule has 0 spiro atoms. The molecule has 1 amide bonds. The Morgan fingerprint density at radius 1 is 0.909 bits per heavy atom. The van der Waals surface area contributed by atoms with Crippen LogP contribution in [0.1, 0.15) is 43.5 Å². The Labute approximate surface area is 195 Å². The number of nitrogens with one attached hydrogen (secondary N) is 2. The molecule has 0 unspecified atom stereocenters. The number of anilines is 1. The number of rotatable bonds is 7. The second-order valence-corrected chi connectivity index (χ2v) is 12.8. The zero-order valence-corrected chi connectivity index (χ0v) is 20.3. The molecular weight excluding hydrogens is 462 g/mol. The van der Waals surface area contributed by atoms with E-state index in [4.69, 9.17) is 0 Å². The van der Waals surface area contributed by atoms with E-state index in [0.29, 0.717) is 18.8 Å². The van der Waals surface area contributed by atoms with E-state index in [1.807, 2.05) is 13.8 Å². The summed E-state index contributed by atoms with van der Waals surface area (Å²) in [5.74, 6) is 0.0849. The molecule has 1 saturated heterocycles. The molecule has 178 valence electrons. The van der Waals surface area contributed by atoms with Crippen molar-refractivity contribution in [3.8, 4) is 0 Å². The van der Waals surface area contributed by atoms with Crippen molar-refractivity contribution in [3.63, 3.8) is 0 Å². The number of amides is 1. The normalized spacial score (nSPS) is 22.1. The molecule has 1 aliphatic heterocycles. The van der Waals surface area contributed by atoms with Gasteiger partial charge in [-0.2, -0.15) is 4.31 Å². The summed E-state index contributed by atoms with van der Waals surface area (Å²) >= 11 is 0. The Balaban J connectivity index is 1.47. The molecule has 1 saturated carbocycles. The first kappa shape index (κ1) is 23.9. The van der Waals surface area contributed by atoms with Crippen LogP contribution >= 0.6 is 0 Å². The predicted octanol–water partition coefficient (Wildman–Crippen LogP) is 3.05. The molecule has 2 N–H and O–H groups in total. The van der Waals surface area contributed by atoms with Crippen molar-refractivity contribution in [3.05, 3.63) is 54.1 Å². The van der Waals surface area contributed by atoms with Crippen LogP contribution in [-0.2, 0) is 20.0 Å². The lowest BCUT2D eigenvalue weighted by molar-refractivity contribution is 0.102. The van der Waals surface area contributed by atoms with E-state index in [0.717, 1.165) is 19.3 Å². The van der Waals surface area contributed by atoms with Gasteiger partial charge in [-0.1, -0.05) is 19.9 Å². The van der Waals surface area contributed by atoms with Gasteiger partial charge in [0.25, 0.3) is 5.91 Å². The van der Waals surface area contributed by atoms with Crippen LogP contribution in [0.4, 0.5) is 5.69 Å². The molecule has 1 heterocycles. The molecular formula is C23H29N3O5S2. The van der Waals surface area contributed by atoms with Crippen molar-refractivity contribution < 1.29 is 21.6 Å². The average Bonchev–Trinajstić information content (AvgIpc) is 3.57. The van der Waals surface area contributed by atoms with Gasteiger partial charge < -0.3 is 5.32 Å². The quantitative estimate of drug-likeness (QED) is 0.618. The summed E-state index contributed by atoms with van der Waals surface area (Å²) in [6.07, 6.45) is 2.68. The Kier molecular flexibility index (Phi) is 6.63. The van der Waals surface area contributed by atoms with E-state index < -0.39 is 26.0 Å². The van der Waals surface area contributed by atoms with Crippen molar-refractivity contribution in [1.82, 2.24) is 9.03 Å². The minimum Gasteiger partial charge on any atom is -0.322 e. The third-order valence-corrected chi connectivity index (χ3v) is 9.26. The number of hydrogen-bond donors (Lipinski definition) is 2. The monoisotopic (exact) mass is 491 g/mol. The molecule has 33 heavy (non-hydrogen) atoms. The predicted molar refractivity (Wildman–Crippen MR) is 126 cm³/mol. The van der Waals surface area contributed by atoms with Gasteiger partial charge in [0.1, 0.15) is 0 Å². The summed E-state index contributed by atoms with van der Waals surface area (Å²) in [4.78, 5) is 13.0. The lowest BCUT2D eigenvalue weighted by Gasteiger charge is -2.34. The van der Waals surface area contributed by atoms with E-state index in [1.165, 1.54) is 40.7 Å². The van der Waals surface area contributed by atoms with Gasteiger partial charge in [-0.3, -0.25) is 4.79 Å². The maximum atomic E-state index is 13.2. The molecule has 0 bridgehead atoms. The fourth-order valence-electron chi connectivity index (χ4n) is 4.16. The van der Waals surface area contributed by atoms with Gasteiger partial charge in [-0.25, -0.2) is 21.6 Å². The van der Waals surface area contributed by atoms with Crippen LogP contribution in [0.15, 0.2) is 58.3 Å². The molecule has 0 aromatic heterocycles. The summed E-state index contributed by atoms with van der Waals surface area (Å²) in [5, 5.41) is 2.70. The summed E-state index contributed by atoms with van der Waals surface area (Å²) < 4.78 is 55.0. The highest BCUT2D eigenvalue weighted by molar-refractivity contribution is 7.89. The average molecular weight is 492 g/mol. The molecule has 2 atom stereocenters. The molecule has 10 heteroatoms. The lowest BCUT2D eigenvalue weighted by atomic mass is 9.94. The second kappa shape index (κ2) is 9.17. The number of hydrogen-bond acceptors (Lipinski definition) is 5. The zero-order valence-electron chi connectivity index (χ0n) is 18.7. The molecule has 2 fully saturated rings. The van der Waals surface area contributed by atoms with Crippen LogP contribution in [0.5, 0.6) is 0 Å². The van der Waals surface area contributed by atoms with Crippen molar-refractivity contribution in [2.24, 2.45) is 11.8 Å². The summed E-state index contributed by atoms with van der Waals surface area (Å²) in [7, 11) is -7.27. The third-order valence-electron chi connectivity index (χ3n) is 5.89. The maximum absolute atomic E-state index is 13.2. The Bertz CT molecular complexity index is 1230. The molecule has 2 aromatic rings. The first-order valence-electron chi connectivity index (χ1n) is 11.1.